The van der Waals surface area contributed by atoms with E-state index in [2.05, 4.69) is 81.0 Å². The van der Waals surface area contributed by atoms with Crippen molar-refractivity contribution in [3.63, 3.8) is 0 Å². The number of hydrogen-bond donors (Lipinski definition) is 7. The maximum Gasteiger partial charge on any atom is 0.191 e. The van der Waals surface area contributed by atoms with Crippen molar-refractivity contribution in [3.05, 3.63) is 59.8 Å². The Balaban J connectivity index is 1.29. The molecule has 11 unspecified atom stereocenters. The predicted molar refractivity (Wildman–Crippen MR) is 179 cm³/mol. The number of nitrogens with one attached hydrogen (secondary N) is 3. The van der Waals surface area contributed by atoms with Gasteiger partial charge in [0.15, 0.2) is 5.96 Å². The van der Waals surface area contributed by atoms with E-state index >= 15 is 0 Å². The first-order valence-electron chi connectivity index (χ1n) is 17.5. The molecule has 6 aliphatic carbocycles. The molecular weight excluding hydrogens is 576 g/mol. The van der Waals surface area contributed by atoms with Crippen LogP contribution in [0.4, 0.5) is 0 Å². The van der Waals surface area contributed by atoms with E-state index in [4.69, 9.17) is 0 Å². The lowest BCUT2D eigenvalue weighted by molar-refractivity contribution is -0.131. The number of aliphatic hydroxyl groups is 4. The van der Waals surface area contributed by atoms with Gasteiger partial charge in [-0.1, -0.05) is 53.8 Å². The zero-order valence-electron chi connectivity index (χ0n) is 26.8. The third-order valence-electron chi connectivity index (χ3n) is 13.0. The Bertz CT molecular complexity index is 1620. The van der Waals surface area contributed by atoms with E-state index in [9.17, 15) is 20.4 Å². The van der Waals surface area contributed by atoms with Crippen LogP contribution in [-0.4, -0.2) is 74.9 Å². The molecule has 8 rings (SSSR count). The number of H-pyrrole nitrogens is 1. The third kappa shape index (κ3) is 4.31. The summed E-state index contributed by atoms with van der Waals surface area (Å²) < 4.78 is 0. The van der Waals surface area contributed by atoms with Crippen LogP contribution in [0.25, 0.3) is 10.9 Å². The summed E-state index contributed by atoms with van der Waals surface area (Å²) in [5.41, 5.74) is 0.953. The zero-order valence-corrected chi connectivity index (χ0v) is 26.8. The first-order valence-corrected chi connectivity index (χ1v) is 17.5. The van der Waals surface area contributed by atoms with E-state index in [1.807, 2.05) is 0 Å². The number of aromatic nitrogens is 1. The standard InChI is InChI=1S/C38H48N4O4/c1-39-35(40-17-6-18-43)42-26-13-12-24-8-4-9-25(20-27-19-23-7-2-3-11-32(23)41-27)38(24)29-10-5-16-36(45)28(29)14-15-30(38)34-31(36)21-33(44)37(34,46)22-26/h2-3,5,7,9-11,19,24,26,28-31,33-34,41,43-46H,4,6,8,14-18,20-22H2,1H3,(H2,39,40,42). The van der Waals surface area contributed by atoms with Gasteiger partial charge in [0.05, 0.1) is 23.3 Å². The Morgan fingerprint density at radius 3 is 2.76 bits per heavy atom. The normalized spacial score (nSPS) is 42.2. The Morgan fingerprint density at radius 1 is 1.09 bits per heavy atom. The molecule has 1 heterocycles. The smallest absolute Gasteiger partial charge is 0.191 e. The number of benzene rings is 1. The van der Waals surface area contributed by atoms with Gasteiger partial charge in [-0.3, -0.25) is 4.99 Å². The summed E-state index contributed by atoms with van der Waals surface area (Å²) in [6, 6.07) is 10.3. The molecule has 1 aromatic heterocycles. The van der Waals surface area contributed by atoms with Gasteiger partial charge in [0.1, 0.15) is 0 Å². The van der Waals surface area contributed by atoms with Gasteiger partial charge >= 0.3 is 0 Å². The number of hydrogen-bond acceptors (Lipinski definition) is 5. The maximum absolute atomic E-state index is 12.9. The van der Waals surface area contributed by atoms with Crippen molar-refractivity contribution in [2.45, 2.75) is 81.1 Å². The Kier molecular flexibility index (Phi) is 7.41. The van der Waals surface area contributed by atoms with Crippen molar-refractivity contribution in [2.24, 2.45) is 45.9 Å². The minimum absolute atomic E-state index is 0.0502. The Labute approximate surface area is 271 Å². The fourth-order valence-electron chi connectivity index (χ4n) is 11.4. The van der Waals surface area contributed by atoms with Crippen LogP contribution in [0.5, 0.6) is 0 Å². The first kappa shape index (κ1) is 30.3. The molecule has 11 atom stereocenters. The minimum Gasteiger partial charge on any atom is -0.396 e. The fourth-order valence-corrected chi connectivity index (χ4v) is 11.4. The van der Waals surface area contributed by atoms with E-state index in [1.165, 1.54) is 16.7 Å². The number of allylic oxidation sites excluding steroid dienone is 3. The molecule has 0 aliphatic heterocycles. The molecule has 244 valence electrons. The lowest BCUT2D eigenvalue weighted by Crippen LogP contribution is -2.58. The summed E-state index contributed by atoms with van der Waals surface area (Å²) in [4.78, 5) is 8.10. The third-order valence-corrected chi connectivity index (χ3v) is 13.0. The van der Waals surface area contributed by atoms with Gasteiger partial charge in [-0.05, 0) is 92.1 Å². The fraction of sp³-hybridized carbons (Fsp3) is 0.605. The summed E-state index contributed by atoms with van der Waals surface area (Å²) in [6.07, 6.45) is 12.4. The molecule has 46 heavy (non-hydrogen) atoms. The average Bonchev–Trinajstić information content (AvgIpc) is 3.54. The van der Waals surface area contributed by atoms with E-state index in [1.54, 1.807) is 7.05 Å². The number of aromatic amines is 1. The van der Waals surface area contributed by atoms with E-state index in [0.717, 1.165) is 37.6 Å². The summed E-state index contributed by atoms with van der Waals surface area (Å²) >= 11 is 0. The summed E-state index contributed by atoms with van der Waals surface area (Å²) in [6.45, 7) is 0.646. The highest BCUT2D eigenvalue weighted by Crippen LogP contribution is 2.73. The molecule has 0 radical (unpaired) electrons. The lowest BCUT2D eigenvalue weighted by Gasteiger charge is -2.60. The second-order valence-electron chi connectivity index (χ2n) is 14.9. The van der Waals surface area contributed by atoms with E-state index < -0.39 is 23.3 Å². The monoisotopic (exact) mass is 624 g/mol. The number of rotatable bonds is 6. The van der Waals surface area contributed by atoms with Crippen molar-refractivity contribution in [2.75, 3.05) is 20.2 Å². The number of nitrogens with zero attached hydrogens (tertiary/aromatic N) is 1. The number of aliphatic hydroxyl groups excluding tert-OH is 2. The SMILES string of the molecule is CN=C(NCCCO)NC1C#CC2CCC=C(Cc3cc4ccccc4[nH]3)C23C2C=CCC4(O)C5CC(O)C(O)(C1)C5C3CCC24. The molecule has 3 saturated carbocycles. The van der Waals surface area contributed by atoms with Crippen LogP contribution in [0.15, 0.2) is 59.1 Å². The van der Waals surface area contributed by atoms with Crippen molar-refractivity contribution >= 4 is 16.9 Å². The van der Waals surface area contributed by atoms with Crippen LogP contribution in [0.1, 0.15) is 57.1 Å². The molecule has 1 spiro atoms. The van der Waals surface area contributed by atoms with Gasteiger partial charge in [0, 0.05) is 55.6 Å². The van der Waals surface area contributed by atoms with Crippen molar-refractivity contribution in [3.8, 4) is 11.8 Å². The molecule has 8 nitrogen and oxygen atoms in total. The van der Waals surface area contributed by atoms with Crippen LogP contribution >= 0.6 is 0 Å². The highest BCUT2D eigenvalue weighted by atomic mass is 16.3. The second-order valence-corrected chi connectivity index (χ2v) is 14.9. The first-order chi connectivity index (χ1) is 22.3. The van der Waals surface area contributed by atoms with Crippen molar-refractivity contribution in [1.29, 1.82) is 0 Å². The molecule has 7 N–H and O–H groups in total. The minimum atomic E-state index is -1.42. The van der Waals surface area contributed by atoms with Crippen LogP contribution in [-0.2, 0) is 6.42 Å². The predicted octanol–water partition coefficient (Wildman–Crippen LogP) is 3.43. The highest BCUT2D eigenvalue weighted by Gasteiger charge is 2.74. The second kappa shape index (κ2) is 11.3. The van der Waals surface area contributed by atoms with Gasteiger partial charge < -0.3 is 36.0 Å². The molecule has 3 fully saturated rings. The molecule has 6 aliphatic rings. The Morgan fingerprint density at radius 2 is 1.93 bits per heavy atom. The van der Waals surface area contributed by atoms with Crippen molar-refractivity contribution < 1.29 is 20.4 Å². The summed E-state index contributed by atoms with van der Waals surface area (Å²) in [7, 11) is 1.71. The number of para-hydroxylation sites is 1. The molecule has 6 bridgehead atoms. The van der Waals surface area contributed by atoms with Gasteiger partial charge in [-0.2, -0.15) is 0 Å². The number of aliphatic imine (C=N–C) groups is 1. The highest BCUT2D eigenvalue weighted by molar-refractivity contribution is 5.81. The maximum atomic E-state index is 12.9. The van der Waals surface area contributed by atoms with E-state index in [0.29, 0.717) is 31.8 Å². The summed E-state index contributed by atoms with van der Waals surface area (Å²) in [5, 5.41) is 54.8. The Hall–Kier alpha value is -3.09. The quantitative estimate of drug-likeness (QED) is 0.0867. The van der Waals surface area contributed by atoms with Gasteiger partial charge in [-0.25, -0.2) is 0 Å². The molecule has 8 heteroatoms. The van der Waals surface area contributed by atoms with Gasteiger partial charge in [0.25, 0.3) is 0 Å². The van der Waals surface area contributed by atoms with Crippen LogP contribution < -0.4 is 10.6 Å². The summed E-state index contributed by atoms with van der Waals surface area (Å²) in [5.74, 6) is 7.82. The van der Waals surface area contributed by atoms with Gasteiger partial charge in [-0.15, -0.1) is 0 Å². The molecule has 0 saturated heterocycles. The average molecular weight is 625 g/mol. The topological polar surface area (TPSA) is 133 Å². The van der Waals surface area contributed by atoms with Crippen molar-refractivity contribution in [1.82, 2.24) is 15.6 Å². The molecular formula is C38H48N4O4. The van der Waals surface area contributed by atoms with Crippen LogP contribution in [0.3, 0.4) is 0 Å². The number of guanidine groups is 1. The molecule has 0 amide bonds. The van der Waals surface area contributed by atoms with Crippen LogP contribution in [0.2, 0.25) is 0 Å². The van der Waals surface area contributed by atoms with Crippen LogP contribution in [0, 0.1) is 52.8 Å². The largest absolute Gasteiger partial charge is 0.396 e. The zero-order chi connectivity index (χ0) is 31.7. The molecule has 2 aromatic rings. The van der Waals surface area contributed by atoms with E-state index in [-0.39, 0.29) is 54.0 Å². The number of fused-ring (bicyclic) bond motifs is 2. The van der Waals surface area contributed by atoms with Gasteiger partial charge in [0.2, 0.25) is 0 Å². The molecule has 1 aromatic carbocycles. The lowest BCUT2D eigenvalue weighted by atomic mass is 9.44.